The van der Waals surface area contributed by atoms with Gasteiger partial charge in [0.05, 0.1) is 16.7 Å². The van der Waals surface area contributed by atoms with Crippen LogP contribution in [-0.4, -0.2) is 12.1 Å². The quantitative estimate of drug-likeness (QED) is 0.265. The van der Waals surface area contributed by atoms with Crippen molar-refractivity contribution < 1.29 is 26.3 Å². The number of hydrogen-bond acceptors (Lipinski definition) is 1. The maximum atomic E-state index is 13.6. The zero-order valence-corrected chi connectivity index (χ0v) is 13.9. The molecule has 1 nitrogen and oxygen atoms in total. The van der Waals surface area contributed by atoms with Gasteiger partial charge in [0.25, 0.3) is 0 Å². The summed E-state index contributed by atoms with van der Waals surface area (Å²) in [5.41, 5.74) is -1.25. The molecule has 0 aromatic heterocycles. The minimum absolute atomic E-state index is 0.0403. The summed E-state index contributed by atoms with van der Waals surface area (Å²) in [4.78, 5) is 0. The van der Waals surface area contributed by atoms with Gasteiger partial charge in [-0.1, -0.05) is 41.7 Å². The van der Waals surface area contributed by atoms with Gasteiger partial charge < -0.3 is 0 Å². The number of halogens is 7. The van der Waals surface area contributed by atoms with Crippen LogP contribution in [0.5, 0.6) is 0 Å². The molecule has 0 unspecified atom stereocenters. The Morgan fingerprint density at radius 2 is 1.81 bits per heavy atom. The molecule has 0 N–H and O–H groups in total. The molecule has 0 saturated carbocycles. The number of hydrogen-bond donors (Lipinski definition) is 0. The normalized spacial score (nSPS) is 13.3. The van der Waals surface area contributed by atoms with Gasteiger partial charge in [0, 0.05) is 11.6 Å². The van der Waals surface area contributed by atoms with Gasteiger partial charge in [0.1, 0.15) is 5.82 Å². The second-order valence-corrected chi connectivity index (χ2v) is 5.29. The first-order valence-electron chi connectivity index (χ1n) is 6.86. The van der Waals surface area contributed by atoms with Crippen LogP contribution in [0.2, 0.25) is 5.02 Å². The summed E-state index contributed by atoms with van der Waals surface area (Å²) in [6.45, 7) is 1.47. The molecule has 26 heavy (non-hydrogen) atoms. The number of nitriles is 1. The molecule has 0 bridgehead atoms. The van der Waals surface area contributed by atoms with Crippen molar-refractivity contribution in [2.24, 2.45) is 0 Å². The van der Waals surface area contributed by atoms with E-state index in [0.29, 0.717) is 5.57 Å². The standard InChI is InChI=1S/C18H10ClF6N/c1-12(8-9-14-15(19)6-3-7-16(14)20)4-2-5-13(10-11-26)17(21,22)18(23,24)25/h3-4,6-10H,1H3/b9-8+,12-4+,13-10-. The molecule has 0 amide bonds. The van der Waals surface area contributed by atoms with Gasteiger partial charge in [-0.2, -0.15) is 27.2 Å². The summed E-state index contributed by atoms with van der Waals surface area (Å²) >= 11 is 5.82. The molecule has 8 heteroatoms. The van der Waals surface area contributed by atoms with Crippen LogP contribution in [0.4, 0.5) is 26.3 Å². The van der Waals surface area contributed by atoms with Gasteiger partial charge in [-0.05, 0) is 30.7 Å². The molecule has 0 heterocycles. The fourth-order valence-corrected chi connectivity index (χ4v) is 1.81. The molecule has 1 aromatic rings. The van der Waals surface area contributed by atoms with E-state index in [1.165, 1.54) is 37.3 Å². The summed E-state index contributed by atoms with van der Waals surface area (Å²) in [5, 5.41) is 8.51. The molecular weight excluding hydrogens is 380 g/mol. The Bertz CT molecular complexity index is 840. The average Bonchev–Trinajstić information content (AvgIpc) is 2.52. The van der Waals surface area contributed by atoms with E-state index < -0.39 is 23.5 Å². The van der Waals surface area contributed by atoms with E-state index >= 15 is 0 Å². The topological polar surface area (TPSA) is 23.8 Å². The molecule has 0 saturated heterocycles. The van der Waals surface area contributed by atoms with Gasteiger partial charge in [-0.3, -0.25) is 0 Å². The predicted octanol–water partition coefficient (Wildman–Crippen LogP) is 6.09. The fourth-order valence-electron chi connectivity index (χ4n) is 1.58. The third kappa shape index (κ3) is 5.44. The summed E-state index contributed by atoms with van der Waals surface area (Å²) < 4.78 is 77.0. The first-order valence-corrected chi connectivity index (χ1v) is 7.23. The Morgan fingerprint density at radius 1 is 1.15 bits per heavy atom. The SMILES string of the molecule is CC(/C=C/c1c(F)cccc1Cl)=C\C#C/C(=C/C#N)C(F)(F)C(F)(F)F. The van der Waals surface area contributed by atoms with E-state index in [9.17, 15) is 26.3 Å². The Balaban J connectivity index is 3.08. The highest BCUT2D eigenvalue weighted by Gasteiger charge is 2.59. The third-order valence-electron chi connectivity index (χ3n) is 2.92. The molecule has 0 fully saturated rings. The number of benzene rings is 1. The summed E-state index contributed by atoms with van der Waals surface area (Å²) in [7, 11) is 0. The van der Waals surface area contributed by atoms with E-state index in [4.69, 9.17) is 16.9 Å². The maximum absolute atomic E-state index is 13.6. The van der Waals surface area contributed by atoms with Crippen LogP contribution in [0.1, 0.15) is 12.5 Å². The smallest absolute Gasteiger partial charge is 0.206 e. The number of allylic oxidation sites excluding steroid dienone is 5. The van der Waals surface area contributed by atoms with Gasteiger partial charge in [-0.25, -0.2) is 4.39 Å². The van der Waals surface area contributed by atoms with Crippen molar-refractivity contribution in [2.75, 3.05) is 0 Å². The first kappa shape index (κ1) is 21.4. The van der Waals surface area contributed by atoms with E-state index in [2.05, 4.69) is 0 Å². The largest absolute Gasteiger partial charge is 0.458 e. The molecule has 136 valence electrons. The van der Waals surface area contributed by atoms with E-state index in [1.807, 2.05) is 5.92 Å². The predicted molar refractivity (Wildman–Crippen MR) is 86.7 cm³/mol. The molecule has 0 aliphatic heterocycles. The molecule has 1 rings (SSSR count). The number of nitrogens with zero attached hydrogens (tertiary/aromatic N) is 1. The van der Waals surface area contributed by atoms with Crippen molar-refractivity contribution >= 4 is 17.7 Å². The lowest BCUT2D eigenvalue weighted by Gasteiger charge is -2.18. The molecular formula is C18H10ClF6N. The lowest BCUT2D eigenvalue weighted by atomic mass is 10.1. The molecule has 0 aliphatic carbocycles. The zero-order chi connectivity index (χ0) is 20.0. The molecule has 0 spiro atoms. The van der Waals surface area contributed by atoms with Gasteiger partial charge in [0.2, 0.25) is 0 Å². The molecule has 1 aromatic carbocycles. The lowest BCUT2D eigenvalue weighted by Crippen LogP contribution is -2.37. The van der Waals surface area contributed by atoms with Crippen LogP contribution < -0.4 is 0 Å². The van der Waals surface area contributed by atoms with Crippen LogP contribution in [0.15, 0.2) is 47.6 Å². The van der Waals surface area contributed by atoms with E-state index in [0.717, 1.165) is 12.1 Å². The van der Waals surface area contributed by atoms with E-state index in [1.54, 1.807) is 5.92 Å². The molecule has 0 radical (unpaired) electrons. The fraction of sp³-hybridized carbons (Fsp3) is 0.167. The minimum atomic E-state index is -5.87. The zero-order valence-electron chi connectivity index (χ0n) is 13.1. The summed E-state index contributed by atoms with van der Waals surface area (Å²) in [6.07, 6.45) is -2.12. The Labute approximate surface area is 150 Å². The average molecular weight is 390 g/mol. The number of alkyl halides is 5. The van der Waals surface area contributed by atoms with E-state index in [-0.39, 0.29) is 16.7 Å². The second-order valence-electron chi connectivity index (χ2n) is 4.89. The monoisotopic (exact) mass is 389 g/mol. The maximum Gasteiger partial charge on any atom is 0.458 e. The molecule has 0 atom stereocenters. The Morgan fingerprint density at radius 3 is 2.35 bits per heavy atom. The lowest BCUT2D eigenvalue weighted by molar-refractivity contribution is -0.262. The van der Waals surface area contributed by atoms with Crippen LogP contribution in [0.25, 0.3) is 6.08 Å². The van der Waals surface area contributed by atoms with Crippen molar-refractivity contribution in [3.05, 3.63) is 64.0 Å². The summed E-state index contributed by atoms with van der Waals surface area (Å²) in [5.74, 6) is -2.18. The van der Waals surface area contributed by atoms with Crippen molar-refractivity contribution in [3.8, 4) is 17.9 Å². The van der Waals surface area contributed by atoms with Crippen molar-refractivity contribution in [3.63, 3.8) is 0 Å². The van der Waals surface area contributed by atoms with Crippen LogP contribution in [-0.2, 0) is 0 Å². The minimum Gasteiger partial charge on any atom is -0.206 e. The van der Waals surface area contributed by atoms with Gasteiger partial charge in [-0.15, -0.1) is 0 Å². The third-order valence-corrected chi connectivity index (χ3v) is 3.25. The van der Waals surface area contributed by atoms with Crippen LogP contribution in [0, 0.1) is 29.0 Å². The van der Waals surface area contributed by atoms with Crippen molar-refractivity contribution in [1.82, 2.24) is 0 Å². The highest BCUT2D eigenvalue weighted by Crippen LogP contribution is 2.40. The Hall–Kier alpha value is -2.64. The van der Waals surface area contributed by atoms with Crippen LogP contribution >= 0.6 is 11.6 Å². The van der Waals surface area contributed by atoms with Gasteiger partial charge >= 0.3 is 12.1 Å². The van der Waals surface area contributed by atoms with Crippen molar-refractivity contribution in [2.45, 2.75) is 19.0 Å². The second kappa shape index (κ2) is 8.64. The number of rotatable bonds is 3. The molecule has 0 aliphatic rings. The van der Waals surface area contributed by atoms with Crippen LogP contribution in [0.3, 0.4) is 0 Å². The highest BCUT2D eigenvalue weighted by atomic mass is 35.5. The highest BCUT2D eigenvalue weighted by molar-refractivity contribution is 6.32. The van der Waals surface area contributed by atoms with Gasteiger partial charge in [0.15, 0.2) is 0 Å². The summed E-state index contributed by atoms with van der Waals surface area (Å²) in [6, 6.07) is 5.16. The Kier molecular flexibility index (Phi) is 7.11. The van der Waals surface area contributed by atoms with Crippen molar-refractivity contribution in [1.29, 1.82) is 5.26 Å². The first-order chi connectivity index (χ1) is 12.0.